The van der Waals surface area contributed by atoms with Gasteiger partial charge in [0.1, 0.15) is 5.75 Å². The van der Waals surface area contributed by atoms with Gasteiger partial charge in [0.15, 0.2) is 0 Å². The number of piperidine rings is 1. The number of ether oxygens (including phenoxy) is 1. The van der Waals surface area contributed by atoms with Crippen LogP contribution in [0.5, 0.6) is 5.75 Å². The summed E-state index contributed by atoms with van der Waals surface area (Å²) in [6.07, 6.45) is 1.70. The number of benzene rings is 1. The summed E-state index contributed by atoms with van der Waals surface area (Å²) in [4.78, 5) is 0.296. The molecule has 0 amide bonds. The SMILES string of the molecule is CCOc1cccc(S(=O)(=O)N(C)C2CCNCC2)c1. The zero-order valence-electron chi connectivity index (χ0n) is 12.0. The zero-order chi connectivity index (χ0) is 14.6. The van der Waals surface area contributed by atoms with Crippen molar-refractivity contribution in [1.29, 1.82) is 0 Å². The summed E-state index contributed by atoms with van der Waals surface area (Å²) >= 11 is 0. The van der Waals surface area contributed by atoms with Crippen molar-refractivity contribution in [3.63, 3.8) is 0 Å². The van der Waals surface area contributed by atoms with Gasteiger partial charge in [0, 0.05) is 19.2 Å². The number of nitrogens with one attached hydrogen (secondary N) is 1. The average molecular weight is 298 g/mol. The Morgan fingerprint density at radius 2 is 2.05 bits per heavy atom. The van der Waals surface area contributed by atoms with Gasteiger partial charge in [0.05, 0.1) is 11.5 Å². The fourth-order valence-electron chi connectivity index (χ4n) is 2.42. The first-order valence-electron chi connectivity index (χ1n) is 6.97. The lowest BCUT2D eigenvalue weighted by molar-refractivity contribution is 0.296. The van der Waals surface area contributed by atoms with Crippen molar-refractivity contribution in [3.05, 3.63) is 24.3 Å². The Labute approximate surface area is 121 Å². The fraction of sp³-hybridized carbons (Fsp3) is 0.571. The van der Waals surface area contributed by atoms with Crippen molar-refractivity contribution >= 4 is 10.0 Å². The standard InChI is InChI=1S/C14H22N2O3S/c1-3-19-13-5-4-6-14(11-13)20(17,18)16(2)12-7-9-15-10-8-12/h4-6,11-12,15H,3,7-10H2,1-2H3. The molecule has 1 heterocycles. The van der Waals surface area contributed by atoms with E-state index in [1.54, 1.807) is 31.3 Å². The third-order valence-corrected chi connectivity index (χ3v) is 5.52. The van der Waals surface area contributed by atoms with E-state index >= 15 is 0 Å². The molecule has 0 aromatic heterocycles. The van der Waals surface area contributed by atoms with E-state index in [4.69, 9.17) is 4.74 Å². The van der Waals surface area contributed by atoms with Gasteiger partial charge in [0.25, 0.3) is 0 Å². The van der Waals surface area contributed by atoms with Gasteiger partial charge in [0.2, 0.25) is 10.0 Å². The second-order valence-electron chi connectivity index (χ2n) is 4.91. The van der Waals surface area contributed by atoms with Crippen LogP contribution in [0.4, 0.5) is 0 Å². The second-order valence-corrected chi connectivity index (χ2v) is 6.91. The summed E-state index contributed by atoms with van der Waals surface area (Å²) in [6.45, 7) is 4.13. The number of hydrogen-bond acceptors (Lipinski definition) is 4. The lowest BCUT2D eigenvalue weighted by atomic mass is 10.1. The molecule has 0 saturated carbocycles. The van der Waals surface area contributed by atoms with Gasteiger partial charge >= 0.3 is 0 Å². The highest BCUT2D eigenvalue weighted by Crippen LogP contribution is 2.23. The maximum Gasteiger partial charge on any atom is 0.243 e. The monoisotopic (exact) mass is 298 g/mol. The molecule has 1 saturated heterocycles. The molecule has 0 atom stereocenters. The van der Waals surface area contributed by atoms with Crippen molar-refractivity contribution in [2.45, 2.75) is 30.7 Å². The van der Waals surface area contributed by atoms with Gasteiger partial charge < -0.3 is 10.1 Å². The molecule has 112 valence electrons. The average Bonchev–Trinajstić information content (AvgIpc) is 2.48. The van der Waals surface area contributed by atoms with E-state index in [0.717, 1.165) is 25.9 Å². The first kappa shape index (κ1) is 15.3. The Kier molecular flexibility index (Phi) is 5.01. The van der Waals surface area contributed by atoms with E-state index in [0.29, 0.717) is 17.3 Å². The van der Waals surface area contributed by atoms with E-state index in [1.807, 2.05) is 6.92 Å². The van der Waals surface area contributed by atoms with Crippen LogP contribution in [0.1, 0.15) is 19.8 Å². The summed E-state index contributed by atoms with van der Waals surface area (Å²) < 4.78 is 32.1. The summed E-state index contributed by atoms with van der Waals surface area (Å²) in [6, 6.07) is 6.77. The van der Waals surface area contributed by atoms with E-state index < -0.39 is 10.0 Å². The van der Waals surface area contributed by atoms with Gasteiger partial charge in [-0.05, 0) is 45.0 Å². The van der Waals surface area contributed by atoms with Crippen molar-refractivity contribution in [2.75, 3.05) is 26.7 Å². The van der Waals surface area contributed by atoms with Crippen LogP contribution in [0.2, 0.25) is 0 Å². The Morgan fingerprint density at radius 1 is 1.35 bits per heavy atom. The van der Waals surface area contributed by atoms with Gasteiger partial charge in [-0.3, -0.25) is 0 Å². The Morgan fingerprint density at radius 3 is 2.70 bits per heavy atom. The van der Waals surface area contributed by atoms with Gasteiger partial charge in [-0.1, -0.05) is 6.07 Å². The maximum atomic E-state index is 12.6. The minimum absolute atomic E-state index is 0.0667. The summed E-state index contributed by atoms with van der Waals surface area (Å²) in [5.74, 6) is 0.590. The lowest BCUT2D eigenvalue weighted by Crippen LogP contribution is -2.43. The maximum absolute atomic E-state index is 12.6. The zero-order valence-corrected chi connectivity index (χ0v) is 12.8. The topological polar surface area (TPSA) is 58.6 Å². The minimum Gasteiger partial charge on any atom is -0.494 e. The predicted octanol–water partition coefficient (Wildman–Crippen LogP) is 1.46. The van der Waals surface area contributed by atoms with Crippen LogP contribution in [0.15, 0.2) is 29.2 Å². The van der Waals surface area contributed by atoms with Crippen molar-refractivity contribution in [3.8, 4) is 5.75 Å². The highest BCUT2D eigenvalue weighted by atomic mass is 32.2. The molecule has 1 N–H and O–H groups in total. The third-order valence-electron chi connectivity index (χ3n) is 3.62. The molecule has 2 rings (SSSR count). The molecule has 0 radical (unpaired) electrons. The molecule has 5 nitrogen and oxygen atoms in total. The fourth-order valence-corrected chi connectivity index (χ4v) is 3.88. The van der Waals surface area contributed by atoms with Crippen LogP contribution < -0.4 is 10.1 Å². The Hall–Kier alpha value is -1.11. The first-order chi connectivity index (χ1) is 9.55. The van der Waals surface area contributed by atoms with E-state index in [9.17, 15) is 8.42 Å². The Balaban J connectivity index is 2.22. The van der Waals surface area contributed by atoms with E-state index in [-0.39, 0.29) is 6.04 Å². The van der Waals surface area contributed by atoms with Crippen LogP contribution in [0.3, 0.4) is 0 Å². The number of rotatable bonds is 5. The normalized spacial score (nSPS) is 17.4. The number of nitrogens with zero attached hydrogens (tertiary/aromatic N) is 1. The quantitative estimate of drug-likeness (QED) is 0.894. The molecule has 0 unspecified atom stereocenters. The van der Waals surface area contributed by atoms with E-state index in [1.165, 1.54) is 4.31 Å². The minimum atomic E-state index is -3.45. The summed E-state index contributed by atoms with van der Waals surface area (Å²) in [5, 5.41) is 3.25. The van der Waals surface area contributed by atoms with E-state index in [2.05, 4.69) is 5.32 Å². The van der Waals surface area contributed by atoms with Crippen LogP contribution >= 0.6 is 0 Å². The molecular weight excluding hydrogens is 276 g/mol. The highest BCUT2D eigenvalue weighted by Gasteiger charge is 2.29. The van der Waals surface area contributed by atoms with Gasteiger partial charge in [-0.25, -0.2) is 8.42 Å². The predicted molar refractivity (Wildman–Crippen MR) is 78.5 cm³/mol. The molecule has 6 heteroatoms. The third kappa shape index (κ3) is 3.31. The number of sulfonamides is 1. The Bertz CT molecular complexity index is 539. The molecule has 1 aromatic carbocycles. The van der Waals surface area contributed by atoms with Crippen molar-refractivity contribution < 1.29 is 13.2 Å². The molecule has 1 fully saturated rings. The molecule has 1 aromatic rings. The van der Waals surface area contributed by atoms with Crippen LogP contribution in [-0.2, 0) is 10.0 Å². The smallest absolute Gasteiger partial charge is 0.243 e. The number of hydrogen-bond donors (Lipinski definition) is 1. The summed E-state index contributed by atoms with van der Waals surface area (Å²) in [5.41, 5.74) is 0. The van der Waals surface area contributed by atoms with Crippen molar-refractivity contribution in [1.82, 2.24) is 9.62 Å². The van der Waals surface area contributed by atoms with Crippen LogP contribution in [-0.4, -0.2) is 45.5 Å². The molecule has 0 aliphatic carbocycles. The van der Waals surface area contributed by atoms with Gasteiger partial charge in [-0.2, -0.15) is 4.31 Å². The van der Waals surface area contributed by atoms with Gasteiger partial charge in [-0.15, -0.1) is 0 Å². The molecule has 0 spiro atoms. The second kappa shape index (κ2) is 6.56. The summed E-state index contributed by atoms with van der Waals surface area (Å²) in [7, 11) is -1.79. The molecule has 0 bridgehead atoms. The van der Waals surface area contributed by atoms with Crippen LogP contribution in [0.25, 0.3) is 0 Å². The van der Waals surface area contributed by atoms with Crippen molar-refractivity contribution in [2.24, 2.45) is 0 Å². The van der Waals surface area contributed by atoms with Crippen LogP contribution in [0, 0.1) is 0 Å². The highest BCUT2D eigenvalue weighted by molar-refractivity contribution is 7.89. The lowest BCUT2D eigenvalue weighted by Gasteiger charge is -2.30. The molecule has 1 aliphatic rings. The molecular formula is C14H22N2O3S. The largest absolute Gasteiger partial charge is 0.494 e. The molecule has 1 aliphatic heterocycles. The first-order valence-corrected chi connectivity index (χ1v) is 8.41. The molecule has 20 heavy (non-hydrogen) atoms.